The molecule has 4 rings (SSSR count). The number of hydrogen-bond donors (Lipinski definition) is 3. The molecule has 1 heterocycles. The highest BCUT2D eigenvalue weighted by Crippen LogP contribution is 2.34. The molecule has 0 aliphatic rings. The van der Waals surface area contributed by atoms with E-state index in [1.165, 1.54) is 4.90 Å². The van der Waals surface area contributed by atoms with Crippen LogP contribution < -0.4 is 14.8 Å². The number of aromatic carboxylic acids is 1. The van der Waals surface area contributed by atoms with E-state index in [2.05, 4.69) is 10.3 Å². The summed E-state index contributed by atoms with van der Waals surface area (Å²) < 4.78 is 11.1. The van der Waals surface area contributed by atoms with Gasteiger partial charge in [0.15, 0.2) is 0 Å². The molecule has 0 saturated carbocycles. The SMILES string of the molecule is COc1cccc(COc2ccc(CN(C=O)C(C(=O)NC(C)(C)C)c3c(C(=O)O)[nH]c4cc(Cl)ccc34)cc2)c1. The highest BCUT2D eigenvalue weighted by molar-refractivity contribution is 6.31. The Bertz CT molecular complexity index is 1560. The van der Waals surface area contributed by atoms with E-state index in [0.717, 1.165) is 16.9 Å². The van der Waals surface area contributed by atoms with Gasteiger partial charge in [-0.3, -0.25) is 9.59 Å². The number of fused-ring (bicyclic) bond motifs is 1. The molecule has 0 saturated heterocycles. The number of amides is 2. The van der Waals surface area contributed by atoms with Crippen molar-refractivity contribution in [1.29, 1.82) is 0 Å². The Balaban J connectivity index is 1.64. The average molecular weight is 578 g/mol. The van der Waals surface area contributed by atoms with Gasteiger partial charge >= 0.3 is 5.97 Å². The molecule has 214 valence electrons. The van der Waals surface area contributed by atoms with Gasteiger partial charge in [-0.2, -0.15) is 0 Å². The van der Waals surface area contributed by atoms with E-state index in [-0.39, 0.29) is 17.8 Å². The zero-order chi connectivity index (χ0) is 29.7. The van der Waals surface area contributed by atoms with Gasteiger partial charge in [-0.05, 0) is 68.3 Å². The average Bonchev–Trinajstić information content (AvgIpc) is 3.29. The van der Waals surface area contributed by atoms with Crippen molar-refractivity contribution < 1.29 is 29.0 Å². The van der Waals surface area contributed by atoms with Crippen molar-refractivity contribution in [3.05, 3.63) is 94.1 Å². The van der Waals surface area contributed by atoms with E-state index in [4.69, 9.17) is 21.1 Å². The number of carbonyl (C=O) groups excluding carboxylic acids is 2. The Morgan fingerprint density at radius 2 is 1.78 bits per heavy atom. The second-order valence-electron chi connectivity index (χ2n) is 10.6. The lowest BCUT2D eigenvalue weighted by Crippen LogP contribution is -2.47. The van der Waals surface area contributed by atoms with E-state index in [0.29, 0.717) is 34.7 Å². The first-order valence-corrected chi connectivity index (χ1v) is 13.3. The topological polar surface area (TPSA) is 121 Å². The van der Waals surface area contributed by atoms with Crippen molar-refractivity contribution in [1.82, 2.24) is 15.2 Å². The van der Waals surface area contributed by atoms with E-state index in [1.54, 1.807) is 49.6 Å². The lowest BCUT2D eigenvalue weighted by molar-refractivity contribution is -0.134. The Morgan fingerprint density at radius 3 is 2.41 bits per heavy atom. The Labute approximate surface area is 243 Å². The maximum atomic E-state index is 13.7. The summed E-state index contributed by atoms with van der Waals surface area (Å²) in [6.07, 6.45) is 0.556. The summed E-state index contributed by atoms with van der Waals surface area (Å²) in [5.41, 5.74) is 1.47. The summed E-state index contributed by atoms with van der Waals surface area (Å²) in [7, 11) is 1.61. The van der Waals surface area contributed by atoms with Crippen LogP contribution >= 0.6 is 11.6 Å². The Hall–Kier alpha value is -4.50. The molecule has 2 amide bonds. The number of carboxylic acids is 1. The number of halogens is 1. The lowest BCUT2D eigenvalue weighted by atomic mass is 9.98. The van der Waals surface area contributed by atoms with Gasteiger partial charge in [0, 0.05) is 33.6 Å². The number of aromatic nitrogens is 1. The van der Waals surface area contributed by atoms with Gasteiger partial charge in [0.05, 0.1) is 7.11 Å². The standard InChI is InChI=1S/C31H32ClN3O6/c1-31(2,3)34-29(37)28(26-24-13-10-21(32)15-25(24)33-27(26)30(38)39)35(18-36)16-19-8-11-22(12-9-19)41-17-20-6-5-7-23(14-20)40-4/h5-15,18,28,33H,16-17H2,1-4H3,(H,34,37)(H,38,39). The second-order valence-corrected chi connectivity index (χ2v) is 11.0. The van der Waals surface area contributed by atoms with Crippen LogP contribution in [0.25, 0.3) is 10.9 Å². The number of carboxylic acid groups (broad SMARTS) is 1. The molecule has 3 aromatic carbocycles. The van der Waals surface area contributed by atoms with Crippen LogP contribution in [0.15, 0.2) is 66.7 Å². The van der Waals surface area contributed by atoms with Crippen LogP contribution in [0.2, 0.25) is 5.02 Å². The second kappa shape index (κ2) is 12.3. The van der Waals surface area contributed by atoms with Crippen molar-refractivity contribution in [2.24, 2.45) is 0 Å². The maximum absolute atomic E-state index is 13.7. The van der Waals surface area contributed by atoms with E-state index in [9.17, 15) is 19.5 Å². The summed E-state index contributed by atoms with van der Waals surface area (Å²) in [5, 5.41) is 13.8. The summed E-state index contributed by atoms with van der Waals surface area (Å²) in [6, 6.07) is 18.3. The molecule has 3 N–H and O–H groups in total. The molecule has 1 atom stereocenters. The number of nitrogens with one attached hydrogen (secondary N) is 2. The minimum atomic E-state index is -1.26. The first-order valence-electron chi connectivity index (χ1n) is 12.9. The van der Waals surface area contributed by atoms with Crippen LogP contribution in [0.4, 0.5) is 0 Å². The molecule has 0 fully saturated rings. The first-order chi connectivity index (χ1) is 19.5. The zero-order valence-electron chi connectivity index (χ0n) is 23.2. The van der Waals surface area contributed by atoms with Gasteiger partial charge < -0.3 is 29.8 Å². The molecule has 9 nitrogen and oxygen atoms in total. The third kappa shape index (κ3) is 7.18. The number of H-pyrrole nitrogens is 1. The first kappa shape index (κ1) is 29.5. The van der Waals surface area contributed by atoms with Crippen LogP contribution in [0.3, 0.4) is 0 Å². The molecule has 0 radical (unpaired) electrons. The zero-order valence-corrected chi connectivity index (χ0v) is 24.0. The molecule has 10 heteroatoms. The van der Waals surface area contributed by atoms with E-state index < -0.39 is 23.5 Å². The fourth-order valence-electron chi connectivity index (χ4n) is 4.55. The Morgan fingerprint density at radius 1 is 1.05 bits per heavy atom. The third-order valence-corrected chi connectivity index (χ3v) is 6.56. The van der Waals surface area contributed by atoms with Gasteiger partial charge in [0.25, 0.3) is 0 Å². The highest BCUT2D eigenvalue weighted by atomic mass is 35.5. The van der Waals surface area contributed by atoms with Gasteiger partial charge in [0.2, 0.25) is 12.3 Å². The Kier molecular flexibility index (Phi) is 8.88. The highest BCUT2D eigenvalue weighted by Gasteiger charge is 2.35. The summed E-state index contributed by atoms with van der Waals surface area (Å²) in [6.45, 7) is 5.81. The number of benzene rings is 3. The van der Waals surface area contributed by atoms with Crippen LogP contribution in [0.1, 0.15) is 54.0 Å². The number of rotatable bonds is 11. The summed E-state index contributed by atoms with van der Waals surface area (Å²) >= 11 is 6.14. The van der Waals surface area contributed by atoms with Crippen LogP contribution in [-0.4, -0.2) is 45.9 Å². The van der Waals surface area contributed by atoms with Crippen LogP contribution in [0.5, 0.6) is 11.5 Å². The lowest BCUT2D eigenvalue weighted by Gasteiger charge is -2.31. The molecule has 1 unspecified atom stereocenters. The molecule has 0 bridgehead atoms. The number of carbonyl (C=O) groups is 3. The fraction of sp³-hybridized carbons (Fsp3) is 0.258. The van der Waals surface area contributed by atoms with Crippen molar-refractivity contribution in [2.75, 3.05) is 7.11 Å². The monoisotopic (exact) mass is 577 g/mol. The predicted octanol–water partition coefficient (Wildman–Crippen LogP) is 5.72. The van der Waals surface area contributed by atoms with Crippen molar-refractivity contribution in [2.45, 2.75) is 45.5 Å². The van der Waals surface area contributed by atoms with Gasteiger partial charge in [0.1, 0.15) is 29.8 Å². The molecular formula is C31H32ClN3O6. The number of hydrogen-bond acceptors (Lipinski definition) is 5. The van der Waals surface area contributed by atoms with Crippen molar-refractivity contribution in [3.63, 3.8) is 0 Å². The molecule has 0 aliphatic carbocycles. The quantitative estimate of drug-likeness (QED) is 0.196. The fourth-order valence-corrected chi connectivity index (χ4v) is 4.72. The molecule has 1 aromatic heterocycles. The normalized spacial score (nSPS) is 12.0. The van der Waals surface area contributed by atoms with Gasteiger partial charge in [-0.25, -0.2) is 4.79 Å². The summed E-state index contributed by atoms with van der Waals surface area (Å²) in [4.78, 5) is 42.6. The number of ether oxygens (including phenoxy) is 2. The van der Waals surface area contributed by atoms with E-state index >= 15 is 0 Å². The van der Waals surface area contributed by atoms with Crippen molar-refractivity contribution >= 4 is 40.8 Å². The minimum Gasteiger partial charge on any atom is -0.497 e. The van der Waals surface area contributed by atoms with Crippen molar-refractivity contribution in [3.8, 4) is 11.5 Å². The number of methoxy groups -OCH3 is 1. The molecule has 4 aromatic rings. The number of nitrogens with zero attached hydrogens (tertiary/aromatic N) is 1. The predicted molar refractivity (Wildman–Crippen MR) is 156 cm³/mol. The smallest absolute Gasteiger partial charge is 0.352 e. The molecular weight excluding hydrogens is 546 g/mol. The largest absolute Gasteiger partial charge is 0.497 e. The minimum absolute atomic E-state index is 0.0429. The third-order valence-electron chi connectivity index (χ3n) is 6.33. The molecule has 0 aliphatic heterocycles. The van der Waals surface area contributed by atoms with Crippen LogP contribution in [0, 0.1) is 0 Å². The van der Waals surface area contributed by atoms with Crippen LogP contribution in [-0.2, 0) is 22.7 Å². The summed E-state index contributed by atoms with van der Waals surface area (Å²) in [5.74, 6) is -0.409. The maximum Gasteiger partial charge on any atom is 0.352 e. The van der Waals surface area contributed by atoms with Gasteiger partial charge in [-0.15, -0.1) is 0 Å². The van der Waals surface area contributed by atoms with E-state index in [1.807, 2.05) is 45.0 Å². The molecule has 41 heavy (non-hydrogen) atoms. The molecule has 0 spiro atoms. The van der Waals surface area contributed by atoms with Gasteiger partial charge in [-0.1, -0.05) is 41.9 Å². The number of aromatic amines is 1.